The van der Waals surface area contributed by atoms with Gasteiger partial charge in [0.15, 0.2) is 0 Å². The molecule has 0 saturated carbocycles. The molecule has 0 radical (unpaired) electrons. The van der Waals surface area contributed by atoms with Gasteiger partial charge in [0, 0.05) is 6.20 Å². The van der Waals surface area contributed by atoms with Crippen molar-refractivity contribution in [2.45, 2.75) is 12.3 Å². The van der Waals surface area contributed by atoms with Crippen LogP contribution in [0, 0.1) is 0 Å². The largest absolute Gasteiger partial charge is 0.469 e. The summed E-state index contributed by atoms with van der Waals surface area (Å²) in [4.78, 5) is 15.0. The topological polar surface area (TPSA) is 111 Å². The molecule has 1 aliphatic rings. The molecule has 2 atom stereocenters. The van der Waals surface area contributed by atoms with Crippen LogP contribution in [0.3, 0.4) is 0 Å². The Hall–Kier alpha value is -1.86. The fourth-order valence-corrected chi connectivity index (χ4v) is 1.47. The highest BCUT2D eigenvalue weighted by molar-refractivity contribution is 5.23. The summed E-state index contributed by atoms with van der Waals surface area (Å²) in [6, 6.07) is 1.43. The smallest absolute Gasteiger partial charge is 0.352 e. The fraction of sp³-hybridized carbons (Fsp3) is 0.333. The first-order chi connectivity index (χ1) is 7.61. The highest BCUT2D eigenvalue weighted by Crippen LogP contribution is 2.24. The molecule has 0 fully saturated rings. The Morgan fingerprint density at radius 3 is 2.94 bits per heavy atom. The molecule has 7 nitrogen and oxygen atoms in total. The first kappa shape index (κ1) is 10.7. The van der Waals surface area contributed by atoms with Crippen LogP contribution in [0.15, 0.2) is 28.9 Å². The fourth-order valence-electron chi connectivity index (χ4n) is 1.47. The normalized spacial score (nSPS) is 24.0. The lowest BCUT2D eigenvalue weighted by atomic mass is 10.3. The minimum Gasteiger partial charge on any atom is -0.469 e. The number of hydrogen-bond acceptors (Lipinski definition) is 6. The number of anilines is 1. The van der Waals surface area contributed by atoms with Crippen molar-refractivity contribution in [3.63, 3.8) is 0 Å². The van der Waals surface area contributed by atoms with Crippen LogP contribution >= 0.6 is 0 Å². The summed E-state index contributed by atoms with van der Waals surface area (Å²) in [5.74, 6) is 0.324. The van der Waals surface area contributed by atoms with Crippen LogP contribution in [0.2, 0.25) is 0 Å². The zero-order chi connectivity index (χ0) is 11.7. The van der Waals surface area contributed by atoms with Crippen molar-refractivity contribution in [3.8, 4) is 0 Å². The van der Waals surface area contributed by atoms with Gasteiger partial charge in [-0.2, -0.15) is 4.98 Å². The molecule has 0 amide bonds. The van der Waals surface area contributed by atoms with Crippen molar-refractivity contribution in [3.05, 3.63) is 34.6 Å². The van der Waals surface area contributed by atoms with Gasteiger partial charge in [-0.1, -0.05) is 0 Å². The van der Waals surface area contributed by atoms with Gasteiger partial charge in [-0.25, -0.2) is 4.79 Å². The Balaban J connectivity index is 2.30. The van der Waals surface area contributed by atoms with E-state index in [0.717, 1.165) is 4.57 Å². The van der Waals surface area contributed by atoms with Gasteiger partial charge >= 0.3 is 5.69 Å². The van der Waals surface area contributed by atoms with Gasteiger partial charge in [0.25, 0.3) is 0 Å². The standard InChI is InChI=1S/C9H11N3O4/c10-7-1-2-12(9(15)11-7)8-6(14)3-5(4-13)16-8/h1-3,6,8,13-14H,4H2,(H2,10,11,15)/t6-,8?/m1/s1. The molecule has 16 heavy (non-hydrogen) atoms. The van der Waals surface area contributed by atoms with Crippen LogP contribution in [0.5, 0.6) is 0 Å². The molecule has 0 saturated heterocycles. The Bertz CT molecular complexity index is 482. The first-order valence-electron chi connectivity index (χ1n) is 4.63. The predicted molar refractivity (Wildman–Crippen MR) is 54.2 cm³/mol. The van der Waals surface area contributed by atoms with Gasteiger partial charge < -0.3 is 20.7 Å². The number of aromatic nitrogens is 2. The van der Waals surface area contributed by atoms with E-state index >= 15 is 0 Å². The molecule has 2 rings (SSSR count). The van der Waals surface area contributed by atoms with Crippen molar-refractivity contribution in [2.75, 3.05) is 12.3 Å². The second-order valence-corrected chi connectivity index (χ2v) is 3.33. The monoisotopic (exact) mass is 225 g/mol. The molecule has 0 spiro atoms. The lowest BCUT2D eigenvalue weighted by Gasteiger charge is -2.17. The summed E-state index contributed by atoms with van der Waals surface area (Å²) in [5, 5.41) is 18.4. The molecule has 7 heteroatoms. The minimum atomic E-state index is -0.995. The van der Waals surface area contributed by atoms with Gasteiger partial charge in [-0.3, -0.25) is 4.57 Å². The van der Waals surface area contributed by atoms with Gasteiger partial charge in [0.1, 0.15) is 24.3 Å². The zero-order valence-electron chi connectivity index (χ0n) is 8.28. The molecular weight excluding hydrogens is 214 g/mol. The van der Waals surface area contributed by atoms with Crippen LogP contribution in [-0.4, -0.2) is 32.5 Å². The Morgan fingerprint density at radius 1 is 1.62 bits per heavy atom. The van der Waals surface area contributed by atoms with E-state index < -0.39 is 18.0 Å². The van der Waals surface area contributed by atoms with Crippen LogP contribution in [0.25, 0.3) is 0 Å². The number of hydrogen-bond donors (Lipinski definition) is 3. The lowest BCUT2D eigenvalue weighted by molar-refractivity contribution is -0.0103. The van der Waals surface area contributed by atoms with Gasteiger partial charge in [0.05, 0.1) is 0 Å². The second kappa shape index (κ2) is 3.95. The Labute approximate surface area is 90.4 Å². The molecule has 86 valence electrons. The van der Waals surface area contributed by atoms with E-state index in [1.807, 2.05) is 0 Å². The van der Waals surface area contributed by atoms with Gasteiger partial charge in [-0.15, -0.1) is 0 Å². The van der Waals surface area contributed by atoms with Gasteiger partial charge in [-0.05, 0) is 12.1 Å². The third-order valence-corrected chi connectivity index (χ3v) is 2.20. The van der Waals surface area contributed by atoms with Crippen LogP contribution in [0.1, 0.15) is 6.23 Å². The van der Waals surface area contributed by atoms with E-state index in [1.54, 1.807) is 0 Å². The Kier molecular flexibility index (Phi) is 2.63. The number of nitrogens with two attached hydrogens (primary N) is 1. The van der Waals surface area contributed by atoms with Crippen molar-refractivity contribution in [2.24, 2.45) is 0 Å². The molecule has 1 aliphatic heterocycles. The van der Waals surface area contributed by atoms with Crippen LogP contribution < -0.4 is 11.4 Å². The van der Waals surface area contributed by atoms with E-state index in [1.165, 1.54) is 18.3 Å². The summed E-state index contributed by atoms with van der Waals surface area (Å²) in [7, 11) is 0. The second-order valence-electron chi connectivity index (χ2n) is 3.33. The number of aliphatic hydroxyl groups is 2. The van der Waals surface area contributed by atoms with Crippen molar-refractivity contribution in [1.29, 1.82) is 0 Å². The zero-order valence-corrected chi connectivity index (χ0v) is 8.28. The summed E-state index contributed by atoms with van der Waals surface area (Å²) < 4.78 is 6.28. The molecule has 1 aromatic rings. The molecule has 1 unspecified atom stereocenters. The number of nitrogens with zero attached hydrogens (tertiary/aromatic N) is 2. The summed E-state index contributed by atoms with van der Waals surface area (Å²) in [5.41, 5.74) is 4.72. The summed E-state index contributed by atoms with van der Waals surface area (Å²) in [6.45, 7) is -0.329. The first-order valence-corrected chi connectivity index (χ1v) is 4.63. The summed E-state index contributed by atoms with van der Waals surface area (Å²) >= 11 is 0. The Morgan fingerprint density at radius 2 is 2.38 bits per heavy atom. The molecule has 1 aromatic heterocycles. The van der Waals surface area contributed by atoms with Crippen LogP contribution in [-0.2, 0) is 4.74 Å². The van der Waals surface area contributed by atoms with Crippen molar-refractivity contribution in [1.82, 2.24) is 9.55 Å². The third kappa shape index (κ3) is 1.77. The lowest BCUT2D eigenvalue weighted by Crippen LogP contribution is -2.32. The van der Waals surface area contributed by atoms with Gasteiger partial charge in [0.2, 0.25) is 6.23 Å². The van der Waals surface area contributed by atoms with E-state index in [-0.39, 0.29) is 18.2 Å². The molecule has 0 aliphatic carbocycles. The molecule has 2 heterocycles. The minimum absolute atomic E-state index is 0.101. The maximum atomic E-state index is 11.5. The molecule has 4 N–H and O–H groups in total. The van der Waals surface area contributed by atoms with E-state index in [2.05, 4.69) is 4.98 Å². The average molecular weight is 225 g/mol. The van der Waals surface area contributed by atoms with E-state index in [4.69, 9.17) is 15.6 Å². The van der Waals surface area contributed by atoms with Crippen LogP contribution in [0.4, 0.5) is 5.82 Å². The third-order valence-electron chi connectivity index (χ3n) is 2.20. The predicted octanol–water partition coefficient (Wildman–Crippen LogP) is -1.41. The van der Waals surface area contributed by atoms with Crippen molar-refractivity contribution < 1.29 is 14.9 Å². The quantitative estimate of drug-likeness (QED) is 0.570. The number of nitrogen functional groups attached to an aromatic ring is 1. The van der Waals surface area contributed by atoms with Crippen molar-refractivity contribution >= 4 is 5.82 Å². The summed E-state index contributed by atoms with van der Waals surface area (Å²) in [6.07, 6.45) is 0.827. The number of ether oxygens (including phenoxy) is 1. The van der Waals surface area contributed by atoms with E-state index in [0.29, 0.717) is 0 Å². The molecular formula is C9H11N3O4. The number of rotatable bonds is 2. The maximum absolute atomic E-state index is 11.5. The average Bonchev–Trinajstić information content (AvgIpc) is 2.60. The number of aliphatic hydroxyl groups excluding tert-OH is 2. The van der Waals surface area contributed by atoms with E-state index in [9.17, 15) is 9.90 Å². The molecule has 0 bridgehead atoms. The SMILES string of the molecule is Nc1ccn(C2OC(CO)=C[C@H]2O)c(=O)n1. The maximum Gasteiger partial charge on any atom is 0.352 e. The highest BCUT2D eigenvalue weighted by Gasteiger charge is 2.29. The highest BCUT2D eigenvalue weighted by atomic mass is 16.5. The molecule has 0 aromatic carbocycles.